The van der Waals surface area contributed by atoms with Crippen molar-refractivity contribution in [2.24, 2.45) is 0 Å². The number of ether oxygens (including phenoxy) is 7. The van der Waals surface area contributed by atoms with Gasteiger partial charge in [-0.1, -0.05) is 66.2 Å². The van der Waals surface area contributed by atoms with E-state index in [2.05, 4.69) is 25.3 Å². The molecule has 398 valence electrons. The van der Waals surface area contributed by atoms with Crippen LogP contribution < -0.4 is 25.3 Å². The highest BCUT2D eigenvalue weighted by molar-refractivity contribution is 6.33. The first-order valence-electron chi connectivity index (χ1n) is 25.7. The summed E-state index contributed by atoms with van der Waals surface area (Å²) in [6.07, 6.45) is 1.67. The molecule has 77 heavy (non-hydrogen) atoms. The lowest BCUT2D eigenvalue weighted by molar-refractivity contribution is -0.134. The van der Waals surface area contributed by atoms with Gasteiger partial charge in [0.1, 0.15) is 60.0 Å². The van der Waals surface area contributed by atoms with Crippen molar-refractivity contribution >= 4 is 51.4 Å². The predicted molar refractivity (Wildman–Crippen MR) is 286 cm³/mol. The van der Waals surface area contributed by atoms with Gasteiger partial charge >= 0.3 is 0 Å². The smallest absolute Gasteiger partial charge is 0.296 e. The molecule has 5 N–H and O–H groups in total. The van der Waals surface area contributed by atoms with E-state index in [1.165, 1.54) is 6.33 Å². The number of aromatic nitrogens is 7. The SMILES string of the molecule is Nc1ncnc2c1c(-c1ccc(Oc3ccccc3)cc1)nn2[C@@H]1CCCN(C(=O)CCOCCOCCC(=O)NCCOc2ccc(-c3ccc(-c4nc5nc(O[C@@H]6CO[C@H]7[C@@H]6OC[C@H]7O)[nH]c5cc4Cl)cc3)cc2)C1. The van der Waals surface area contributed by atoms with E-state index in [1.807, 2.05) is 113 Å². The molecule has 11 rings (SSSR count). The fraction of sp³-hybridized carbons (Fsp3) is 0.339. The predicted octanol–water partition coefficient (Wildman–Crippen LogP) is 7.20. The topological polar surface area (TPSA) is 245 Å². The van der Waals surface area contributed by atoms with Gasteiger partial charge in [0, 0.05) is 30.6 Å². The fourth-order valence-corrected chi connectivity index (χ4v) is 10.1. The molecule has 0 bridgehead atoms. The van der Waals surface area contributed by atoms with Crippen LogP contribution in [0.4, 0.5) is 5.82 Å². The normalized spacial score (nSPS) is 19.1. The number of aromatic amines is 1. The van der Waals surface area contributed by atoms with Gasteiger partial charge in [0.2, 0.25) is 11.8 Å². The molecule has 3 fully saturated rings. The maximum Gasteiger partial charge on any atom is 0.296 e. The van der Waals surface area contributed by atoms with Crippen molar-refractivity contribution in [3.8, 4) is 56.9 Å². The molecular formula is C56H57ClN10O10. The van der Waals surface area contributed by atoms with Crippen LogP contribution in [0.5, 0.6) is 23.3 Å². The highest BCUT2D eigenvalue weighted by Gasteiger charge is 2.48. The molecule has 0 radical (unpaired) electrons. The molecule has 7 heterocycles. The van der Waals surface area contributed by atoms with Crippen LogP contribution in [0, 0.1) is 0 Å². The monoisotopic (exact) mass is 1060 g/mol. The zero-order chi connectivity index (χ0) is 52.7. The number of nitrogen functional groups attached to an aromatic ring is 1. The van der Waals surface area contributed by atoms with E-state index in [9.17, 15) is 14.7 Å². The van der Waals surface area contributed by atoms with E-state index in [0.717, 1.165) is 40.8 Å². The van der Waals surface area contributed by atoms with E-state index >= 15 is 0 Å². The van der Waals surface area contributed by atoms with Crippen molar-refractivity contribution in [1.29, 1.82) is 0 Å². The lowest BCUT2D eigenvalue weighted by Crippen LogP contribution is -2.41. The van der Waals surface area contributed by atoms with Gasteiger partial charge in [-0.15, -0.1) is 0 Å². The average Bonchev–Trinajstić information content (AvgIpc) is 4.38. The van der Waals surface area contributed by atoms with Crippen LogP contribution in [0.25, 0.3) is 55.8 Å². The Labute approximate surface area is 447 Å². The number of likely N-dealkylation sites (tertiary alicyclic amines) is 1. The summed E-state index contributed by atoms with van der Waals surface area (Å²) < 4.78 is 42.5. The van der Waals surface area contributed by atoms with Gasteiger partial charge < -0.3 is 59.2 Å². The summed E-state index contributed by atoms with van der Waals surface area (Å²) in [5.74, 6) is 2.31. The lowest BCUT2D eigenvalue weighted by Gasteiger charge is -2.33. The van der Waals surface area contributed by atoms with Crippen LogP contribution in [0.2, 0.25) is 5.02 Å². The molecule has 0 unspecified atom stereocenters. The molecule has 21 heteroatoms. The van der Waals surface area contributed by atoms with Crippen LogP contribution in [-0.2, 0) is 28.5 Å². The third-order valence-corrected chi connectivity index (χ3v) is 14.0. The van der Waals surface area contributed by atoms with Gasteiger partial charge in [-0.3, -0.25) is 9.59 Å². The molecule has 2 amide bonds. The second kappa shape index (κ2) is 23.7. The van der Waals surface area contributed by atoms with Crippen molar-refractivity contribution in [3.63, 3.8) is 0 Å². The Hall–Kier alpha value is -7.72. The Balaban J connectivity index is 0.560. The number of amides is 2. The Morgan fingerprint density at radius 3 is 2.26 bits per heavy atom. The lowest BCUT2D eigenvalue weighted by atomic mass is 10.0. The summed E-state index contributed by atoms with van der Waals surface area (Å²) in [5, 5.41) is 19.1. The Morgan fingerprint density at radius 2 is 1.47 bits per heavy atom. The van der Waals surface area contributed by atoms with Crippen LogP contribution >= 0.6 is 11.6 Å². The number of hydrogen-bond acceptors (Lipinski definition) is 16. The first-order chi connectivity index (χ1) is 37.7. The number of imidazole rings is 1. The first-order valence-corrected chi connectivity index (χ1v) is 26.1. The number of benzene rings is 4. The number of hydrogen-bond donors (Lipinski definition) is 4. The summed E-state index contributed by atoms with van der Waals surface area (Å²) in [4.78, 5) is 48.9. The largest absolute Gasteiger partial charge is 0.492 e. The second-order valence-electron chi connectivity index (χ2n) is 18.9. The van der Waals surface area contributed by atoms with E-state index in [-0.39, 0.29) is 69.2 Å². The van der Waals surface area contributed by atoms with Crippen molar-refractivity contribution < 1.29 is 47.9 Å². The van der Waals surface area contributed by atoms with Crippen molar-refractivity contribution in [3.05, 3.63) is 121 Å². The minimum atomic E-state index is -0.669. The number of aliphatic hydroxyl groups excluding tert-OH is 1. The molecule has 8 aromatic rings. The van der Waals surface area contributed by atoms with Gasteiger partial charge in [-0.2, -0.15) is 10.1 Å². The van der Waals surface area contributed by atoms with Gasteiger partial charge in [-0.25, -0.2) is 19.6 Å². The molecule has 0 saturated carbocycles. The van der Waals surface area contributed by atoms with E-state index in [0.29, 0.717) is 95.4 Å². The van der Waals surface area contributed by atoms with Gasteiger partial charge in [0.15, 0.2) is 17.4 Å². The number of para-hydroxylation sites is 1. The van der Waals surface area contributed by atoms with Gasteiger partial charge in [0.05, 0.1) is 80.3 Å². The van der Waals surface area contributed by atoms with Crippen molar-refractivity contribution in [1.82, 2.24) is 44.9 Å². The summed E-state index contributed by atoms with van der Waals surface area (Å²) in [6.45, 7) is 3.36. The van der Waals surface area contributed by atoms with E-state index in [4.69, 9.17) is 60.6 Å². The van der Waals surface area contributed by atoms with Crippen LogP contribution in [-0.4, -0.2) is 147 Å². The molecule has 5 atom stereocenters. The number of nitrogens with one attached hydrogen (secondary N) is 2. The van der Waals surface area contributed by atoms with E-state index < -0.39 is 18.3 Å². The summed E-state index contributed by atoms with van der Waals surface area (Å²) >= 11 is 6.69. The molecule has 4 aromatic heterocycles. The third kappa shape index (κ3) is 12.0. The Bertz CT molecular complexity index is 3310. The van der Waals surface area contributed by atoms with Crippen LogP contribution in [0.3, 0.4) is 0 Å². The van der Waals surface area contributed by atoms with Crippen LogP contribution in [0.15, 0.2) is 116 Å². The van der Waals surface area contributed by atoms with Gasteiger partial charge in [0.25, 0.3) is 6.01 Å². The minimum Gasteiger partial charge on any atom is -0.492 e. The van der Waals surface area contributed by atoms with Crippen molar-refractivity contribution in [2.75, 3.05) is 71.6 Å². The molecule has 3 saturated heterocycles. The first kappa shape index (κ1) is 51.4. The maximum atomic E-state index is 13.3. The number of anilines is 1. The van der Waals surface area contributed by atoms with Crippen molar-refractivity contribution in [2.45, 2.75) is 56.1 Å². The number of H-pyrrole nitrogens is 1. The summed E-state index contributed by atoms with van der Waals surface area (Å²) in [5.41, 5.74) is 13.0. The number of halogens is 1. The standard InChI is InChI=1S/C56H57ClN10O10/c57-42-29-43-54(64-56(62-43)77-45-32-75-51-44(68)31-74-52(45)51)63-49(42)36-10-8-34(9-11-36)35-12-16-39(17-13-35)73-26-22-59-46(69)20-24-71-27-28-72-25-21-47(70)66-23-4-5-38(30-66)67-55-48(53(58)60-33-61-55)50(65-67)37-14-18-41(19-15-37)76-40-6-2-1-3-7-40/h1-3,6-19,29,33,38,44-45,51-52,68H,4-5,20-28,30-32H2,(H,59,69)(H2,58,60,61)(H,62,63,64)/t38-,44-,45-,51-,52-/m1/s1. The van der Waals surface area contributed by atoms with Crippen LogP contribution in [0.1, 0.15) is 31.7 Å². The molecule has 4 aromatic carbocycles. The minimum absolute atomic E-state index is 0.00126. The number of nitrogens with zero attached hydrogens (tertiary/aromatic N) is 7. The Kier molecular flexibility index (Phi) is 15.8. The number of carbonyl (C=O) groups is 2. The highest BCUT2D eigenvalue weighted by atomic mass is 35.5. The van der Waals surface area contributed by atoms with E-state index in [1.54, 1.807) is 6.07 Å². The highest BCUT2D eigenvalue weighted by Crippen LogP contribution is 2.37. The second-order valence-corrected chi connectivity index (χ2v) is 19.3. The Morgan fingerprint density at radius 1 is 0.779 bits per heavy atom. The fourth-order valence-electron chi connectivity index (χ4n) is 9.80. The summed E-state index contributed by atoms with van der Waals surface area (Å²) in [6, 6.07) is 34.8. The zero-order valence-electron chi connectivity index (χ0n) is 42.0. The molecule has 3 aliphatic heterocycles. The summed E-state index contributed by atoms with van der Waals surface area (Å²) in [7, 11) is 0. The zero-order valence-corrected chi connectivity index (χ0v) is 42.7. The van der Waals surface area contributed by atoms with Gasteiger partial charge in [-0.05, 0) is 78.6 Å². The number of rotatable bonds is 21. The number of piperidine rings is 1. The molecular weight excluding hydrogens is 1010 g/mol. The third-order valence-electron chi connectivity index (χ3n) is 13.7. The molecule has 20 nitrogen and oxygen atoms in total. The number of carbonyl (C=O) groups excluding carboxylic acids is 2. The molecule has 0 spiro atoms. The average molecular weight is 1070 g/mol. The maximum absolute atomic E-state index is 13.3. The molecule has 0 aliphatic carbocycles. The number of fused-ring (bicyclic) bond motifs is 3. The number of pyridine rings is 1. The number of aliphatic hydroxyl groups is 1. The quantitative estimate of drug-likeness (QED) is 0.0520. The molecule has 3 aliphatic rings. The number of nitrogens with two attached hydrogens (primary N) is 1.